The molecule has 0 aliphatic heterocycles. The normalized spacial score (nSPS) is 13.3. The molecular weight excluding hydrogens is 293 g/mol. The molecule has 0 aliphatic carbocycles. The van der Waals surface area contributed by atoms with Crippen molar-refractivity contribution >= 4 is 34.2 Å². The molecule has 1 unspecified atom stereocenters. The second-order valence-corrected chi connectivity index (χ2v) is 5.70. The van der Waals surface area contributed by atoms with Gasteiger partial charge in [-0.2, -0.15) is 0 Å². The third-order valence-electron chi connectivity index (χ3n) is 3.70. The van der Waals surface area contributed by atoms with Crippen LogP contribution in [-0.4, -0.2) is 34.1 Å². The molecule has 0 saturated heterocycles. The molecule has 3 nitrogen and oxygen atoms in total. The van der Waals surface area contributed by atoms with E-state index in [0.717, 1.165) is 36.5 Å². The molecule has 0 bridgehead atoms. The van der Waals surface area contributed by atoms with Gasteiger partial charge in [-0.15, -0.1) is 11.6 Å². The quantitative estimate of drug-likeness (QED) is 0.740. The molecular formula is C15H21Cl2N3. The van der Waals surface area contributed by atoms with Crippen LogP contribution in [0, 0.1) is 0 Å². The van der Waals surface area contributed by atoms with Gasteiger partial charge in [0.25, 0.3) is 0 Å². The van der Waals surface area contributed by atoms with E-state index in [1.807, 2.05) is 18.2 Å². The second-order valence-electron chi connectivity index (χ2n) is 5.00. The minimum atomic E-state index is 0.329. The first-order valence-electron chi connectivity index (χ1n) is 7.05. The van der Waals surface area contributed by atoms with Gasteiger partial charge in [-0.3, -0.25) is 0 Å². The fraction of sp³-hybridized carbons (Fsp3) is 0.533. The van der Waals surface area contributed by atoms with Gasteiger partial charge in [0.15, 0.2) is 0 Å². The summed E-state index contributed by atoms with van der Waals surface area (Å²) in [5, 5.41) is 0.708. The number of halogens is 2. The molecule has 110 valence electrons. The highest BCUT2D eigenvalue weighted by Gasteiger charge is 2.17. The molecule has 1 aromatic heterocycles. The van der Waals surface area contributed by atoms with Crippen molar-refractivity contribution < 1.29 is 0 Å². The number of rotatable bonds is 6. The van der Waals surface area contributed by atoms with Gasteiger partial charge in [0.2, 0.25) is 0 Å². The minimum absolute atomic E-state index is 0.329. The van der Waals surface area contributed by atoms with Crippen LogP contribution in [-0.2, 0) is 5.88 Å². The lowest BCUT2D eigenvalue weighted by Gasteiger charge is -2.25. The first-order chi connectivity index (χ1) is 9.60. The van der Waals surface area contributed by atoms with E-state index in [1.54, 1.807) is 0 Å². The average molecular weight is 314 g/mol. The number of benzene rings is 1. The number of fused-ring (bicyclic) bond motifs is 1. The Balaban J connectivity index is 2.41. The number of hydrogen-bond acceptors (Lipinski definition) is 2. The Morgan fingerprint density at radius 1 is 1.30 bits per heavy atom. The molecule has 2 rings (SSSR count). The summed E-state index contributed by atoms with van der Waals surface area (Å²) >= 11 is 12.1. The standard InChI is InChI=1S/C15H21Cl2N3/c1-4-19(5-2)10-11(3)20-14-7-6-12(17)8-13(14)18-15(20)9-16/h6-8,11H,4-5,9-10H2,1-3H3. The Kier molecular flexibility index (Phi) is 5.30. The highest BCUT2D eigenvalue weighted by Crippen LogP contribution is 2.25. The Labute approximate surface area is 130 Å². The van der Waals surface area contributed by atoms with E-state index in [1.165, 1.54) is 0 Å². The predicted molar refractivity (Wildman–Crippen MR) is 86.8 cm³/mol. The monoisotopic (exact) mass is 313 g/mol. The molecule has 0 saturated carbocycles. The van der Waals surface area contributed by atoms with E-state index >= 15 is 0 Å². The largest absolute Gasteiger partial charge is 0.323 e. The van der Waals surface area contributed by atoms with Crippen molar-refractivity contribution in [1.29, 1.82) is 0 Å². The number of aromatic nitrogens is 2. The summed E-state index contributed by atoms with van der Waals surface area (Å²) in [5.41, 5.74) is 2.02. The summed E-state index contributed by atoms with van der Waals surface area (Å²) < 4.78 is 2.23. The van der Waals surface area contributed by atoms with Crippen molar-refractivity contribution in [3.63, 3.8) is 0 Å². The molecule has 0 aliphatic rings. The summed E-state index contributed by atoms with van der Waals surface area (Å²) in [6.45, 7) is 9.68. The van der Waals surface area contributed by atoms with Crippen LogP contribution in [0.15, 0.2) is 18.2 Å². The van der Waals surface area contributed by atoms with Crippen LogP contribution in [0.5, 0.6) is 0 Å². The zero-order valence-corrected chi connectivity index (χ0v) is 13.7. The third kappa shape index (κ3) is 3.11. The third-order valence-corrected chi connectivity index (χ3v) is 4.18. The Hall–Kier alpha value is -0.770. The van der Waals surface area contributed by atoms with Crippen LogP contribution in [0.25, 0.3) is 11.0 Å². The SMILES string of the molecule is CCN(CC)CC(C)n1c(CCl)nc2cc(Cl)ccc21. The van der Waals surface area contributed by atoms with Crippen LogP contribution in [0.3, 0.4) is 0 Å². The van der Waals surface area contributed by atoms with Gasteiger partial charge in [-0.05, 0) is 38.2 Å². The Bertz CT molecular complexity index is 576. The zero-order chi connectivity index (χ0) is 14.7. The van der Waals surface area contributed by atoms with Crippen molar-refractivity contribution in [2.24, 2.45) is 0 Å². The number of hydrogen-bond donors (Lipinski definition) is 0. The first-order valence-corrected chi connectivity index (χ1v) is 7.96. The fourth-order valence-corrected chi connectivity index (χ4v) is 3.00. The smallest absolute Gasteiger partial charge is 0.125 e. The van der Waals surface area contributed by atoms with Crippen LogP contribution < -0.4 is 0 Å². The van der Waals surface area contributed by atoms with Crippen LogP contribution in [0.2, 0.25) is 5.02 Å². The zero-order valence-electron chi connectivity index (χ0n) is 12.2. The molecule has 0 N–H and O–H groups in total. The predicted octanol–water partition coefficient (Wildman–Crippen LogP) is 4.33. The van der Waals surface area contributed by atoms with Crippen molar-refractivity contribution in [2.45, 2.75) is 32.7 Å². The van der Waals surface area contributed by atoms with E-state index in [-0.39, 0.29) is 0 Å². The van der Waals surface area contributed by atoms with Crippen LogP contribution in [0.1, 0.15) is 32.6 Å². The summed E-state index contributed by atoms with van der Waals surface area (Å²) in [6.07, 6.45) is 0. The maximum Gasteiger partial charge on any atom is 0.125 e. The van der Waals surface area contributed by atoms with Crippen molar-refractivity contribution in [3.05, 3.63) is 29.0 Å². The van der Waals surface area contributed by atoms with Gasteiger partial charge < -0.3 is 9.47 Å². The Morgan fingerprint density at radius 2 is 2.00 bits per heavy atom. The molecule has 1 heterocycles. The Morgan fingerprint density at radius 3 is 2.60 bits per heavy atom. The maximum atomic E-state index is 6.06. The molecule has 0 fully saturated rings. The second kappa shape index (κ2) is 6.79. The van der Waals surface area contributed by atoms with E-state index in [2.05, 4.69) is 35.2 Å². The van der Waals surface area contributed by atoms with Crippen molar-refractivity contribution in [3.8, 4) is 0 Å². The molecule has 1 aromatic carbocycles. The van der Waals surface area contributed by atoms with Gasteiger partial charge in [0.05, 0.1) is 16.9 Å². The van der Waals surface area contributed by atoms with E-state index in [9.17, 15) is 0 Å². The summed E-state index contributed by atoms with van der Waals surface area (Å²) in [5.74, 6) is 1.32. The maximum absolute atomic E-state index is 6.06. The highest BCUT2D eigenvalue weighted by atomic mass is 35.5. The fourth-order valence-electron chi connectivity index (χ4n) is 2.65. The molecule has 0 spiro atoms. The van der Waals surface area contributed by atoms with Crippen molar-refractivity contribution in [2.75, 3.05) is 19.6 Å². The van der Waals surface area contributed by atoms with Crippen LogP contribution >= 0.6 is 23.2 Å². The summed E-state index contributed by atoms with van der Waals surface area (Å²) in [7, 11) is 0. The lowest BCUT2D eigenvalue weighted by molar-refractivity contribution is 0.262. The summed E-state index contributed by atoms with van der Waals surface area (Å²) in [6, 6.07) is 6.16. The molecule has 0 amide bonds. The number of alkyl halides is 1. The first kappa shape index (κ1) is 15.6. The van der Waals surface area contributed by atoms with Gasteiger partial charge >= 0.3 is 0 Å². The lowest BCUT2D eigenvalue weighted by Crippen LogP contribution is -2.30. The van der Waals surface area contributed by atoms with Gasteiger partial charge in [0.1, 0.15) is 5.82 Å². The highest BCUT2D eigenvalue weighted by molar-refractivity contribution is 6.31. The molecule has 0 radical (unpaired) electrons. The number of imidazole rings is 1. The minimum Gasteiger partial charge on any atom is -0.323 e. The lowest BCUT2D eigenvalue weighted by atomic mass is 10.2. The molecule has 5 heteroatoms. The average Bonchev–Trinajstić information content (AvgIpc) is 2.81. The van der Waals surface area contributed by atoms with Crippen molar-refractivity contribution in [1.82, 2.24) is 14.5 Å². The van der Waals surface area contributed by atoms with E-state index in [0.29, 0.717) is 16.9 Å². The van der Waals surface area contributed by atoms with Crippen LogP contribution in [0.4, 0.5) is 0 Å². The number of likely N-dealkylation sites (N-methyl/N-ethyl adjacent to an activating group) is 1. The summed E-state index contributed by atoms with van der Waals surface area (Å²) in [4.78, 5) is 7.01. The van der Waals surface area contributed by atoms with Gasteiger partial charge in [-0.25, -0.2) is 4.98 Å². The van der Waals surface area contributed by atoms with E-state index < -0.39 is 0 Å². The van der Waals surface area contributed by atoms with Gasteiger partial charge in [-0.1, -0.05) is 25.4 Å². The van der Waals surface area contributed by atoms with E-state index in [4.69, 9.17) is 23.2 Å². The number of nitrogens with zero attached hydrogens (tertiary/aromatic N) is 3. The molecule has 20 heavy (non-hydrogen) atoms. The topological polar surface area (TPSA) is 21.1 Å². The molecule has 1 atom stereocenters. The molecule has 2 aromatic rings. The van der Waals surface area contributed by atoms with Gasteiger partial charge in [0, 0.05) is 17.6 Å².